The molecule has 262 valence electrons. The standard InChI is InChI=1S/C36H51BN2O9/c1-33(2,3)29(40)44-19-23-25(46-30(41)34(4,5)6)26(47-31(42)35(7,8)9)27(48-32(43)36(10,11)12)28(45-23)37-38-21-17-13-15-20-16-14-18-22(39-37)24(20)21/h13-18,23,25-28,38-39H,19H2,1-12H3/t23-,25-,26+,27-,28+/m1/s1. The van der Waals surface area contributed by atoms with E-state index in [1.54, 1.807) is 83.1 Å². The van der Waals surface area contributed by atoms with Gasteiger partial charge in [0.1, 0.15) is 18.7 Å². The lowest BCUT2D eigenvalue weighted by atomic mass is 9.62. The van der Waals surface area contributed by atoms with E-state index in [1.807, 2.05) is 36.4 Å². The molecule has 2 heterocycles. The Bertz CT molecular complexity index is 1510. The van der Waals surface area contributed by atoms with Crippen molar-refractivity contribution in [2.75, 3.05) is 17.1 Å². The fraction of sp³-hybridized carbons (Fsp3) is 0.611. The van der Waals surface area contributed by atoms with Crippen molar-refractivity contribution < 1.29 is 42.9 Å². The van der Waals surface area contributed by atoms with Crippen LogP contribution in [0.15, 0.2) is 36.4 Å². The average Bonchev–Trinajstić information content (AvgIpc) is 2.95. The predicted molar refractivity (Wildman–Crippen MR) is 184 cm³/mol. The number of esters is 4. The number of carbonyl (C=O) groups excluding carboxylic acids is 4. The van der Waals surface area contributed by atoms with Crippen LogP contribution in [-0.4, -0.2) is 67.9 Å². The molecule has 2 aromatic rings. The number of hydrogen-bond donors (Lipinski definition) is 2. The highest BCUT2D eigenvalue weighted by molar-refractivity contribution is 6.69. The maximum Gasteiger partial charge on any atom is 0.405 e. The smallest absolute Gasteiger partial charge is 0.405 e. The van der Waals surface area contributed by atoms with E-state index in [0.717, 1.165) is 22.1 Å². The van der Waals surface area contributed by atoms with Crippen LogP contribution in [0.4, 0.5) is 11.4 Å². The minimum absolute atomic E-state index is 0.322. The molecule has 2 aliphatic heterocycles. The molecule has 11 nitrogen and oxygen atoms in total. The zero-order valence-electron chi connectivity index (χ0n) is 30.3. The third-order valence-electron chi connectivity index (χ3n) is 8.08. The van der Waals surface area contributed by atoms with Gasteiger partial charge >= 0.3 is 30.9 Å². The number of carbonyl (C=O) groups is 4. The van der Waals surface area contributed by atoms with Gasteiger partial charge < -0.3 is 34.1 Å². The first-order valence-corrected chi connectivity index (χ1v) is 16.5. The van der Waals surface area contributed by atoms with E-state index >= 15 is 0 Å². The highest BCUT2D eigenvalue weighted by Gasteiger charge is 2.58. The monoisotopic (exact) mass is 666 g/mol. The van der Waals surface area contributed by atoms with Crippen LogP contribution in [0.1, 0.15) is 83.1 Å². The van der Waals surface area contributed by atoms with Crippen molar-refractivity contribution in [3.8, 4) is 0 Å². The van der Waals surface area contributed by atoms with Gasteiger partial charge in [-0.25, -0.2) is 0 Å². The van der Waals surface area contributed by atoms with Crippen LogP contribution < -0.4 is 10.5 Å². The van der Waals surface area contributed by atoms with Gasteiger partial charge in [-0.3, -0.25) is 19.2 Å². The van der Waals surface area contributed by atoms with E-state index in [9.17, 15) is 19.2 Å². The van der Waals surface area contributed by atoms with E-state index in [1.165, 1.54) is 0 Å². The maximum atomic E-state index is 13.6. The predicted octanol–water partition coefficient (Wildman–Crippen LogP) is 5.94. The lowest BCUT2D eigenvalue weighted by Gasteiger charge is -2.48. The molecule has 4 rings (SSSR count). The van der Waals surface area contributed by atoms with Crippen molar-refractivity contribution in [2.45, 2.75) is 114 Å². The Hall–Kier alpha value is -3.80. The number of ether oxygens (including phenoxy) is 5. The summed E-state index contributed by atoms with van der Waals surface area (Å²) in [5, 5.41) is 8.95. The molecule has 0 unspecified atom stereocenters. The number of rotatable bonds is 6. The molecule has 48 heavy (non-hydrogen) atoms. The van der Waals surface area contributed by atoms with Crippen LogP contribution in [0.25, 0.3) is 10.8 Å². The first kappa shape index (κ1) is 37.0. The molecule has 1 saturated heterocycles. The summed E-state index contributed by atoms with van der Waals surface area (Å²) in [5.41, 5.74) is -2.05. The zero-order valence-corrected chi connectivity index (χ0v) is 30.3. The van der Waals surface area contributed by atoms with Gasteiger partial charge in [0.25, 0.3) is 0 Å². The Labute approximate surface area is 284 Å². The van der Waals surface area contributed by atoms with Crippen LogP contribution >= 0.6 is 0 Å². The zero-order chi connectivity index (χ0) is 36.0. The van der Waals surface area contributed by atoms with E-state index < -0.39 is 82.9 Å². The quantitative estimate of drug-likeness (QED) is 0.215. The molecule has 2 aliphatic rings. The SMILES string of the molecule is CC(C)(C)C(=O)OC[C@H]1O[C@H](B2Nc3cccc4cccc(c34)N2)[C@H](OC(=O)C(C)(C)C)[C@@H](OC(=O)C(C)(C)C)[C@@H]1OC(=O)C(C)(C)C. The average molecular weight is 667 g/mol. The van der Waals surface area contributed by atoms with Crippen LogP contribution in [0.2, 0.25) is 0 Å². The van der Waals surface area contributed by atoms with Crippen molar-refractivity contribution in [1.82, 2.24) is 0 Å². The van der Waals surface area contributed by atoms with Gasteiger partial charge in [-0.2, -0.15) is 0 Å². The van der Waals surface area contributed by atoms with Crippen LogP contribution in [-0.2, 0) is 42.9 Å². The van der Waals surface area contributed by atoms with Gasteiger partial charge in [0.2, 0.25) is 0 Å². The summed E-state index contributed by atoms with van der Waals surface area (Å²) >= 11 is 0. The van der Waals surface area contributed by atoms with Crippen molar-refractivity contribution in [3.05, 3.63) is 36.4 Å². The summed E-state index contributed by atoms with van der Waals surface area (Å²) in [6.45, 7) is 19.4. The first-order valence-electron chi connectivity index (χ1n) is 16.5. The summed E-state index contributed by atoms with van der Waals surface area (Å²) in [6.07, 6.45) is -5.00. The number of hydrogen-bond acceptors (Lipinski definition) is 11. The molecule has 1 fully saturated rings. The van der Waals surface area contributed by atoms with Gasteiger partial charge in [0, 0.05) is 16.8 Å². The molecule has 0 amide bonds. The molecule has 0 spiro atoms. The Balaban J connectivity index is 1.86. The second-order valence-electron chi connectivity index (χ2n) is 16.8. The molecular formula is C36H51BN2O9. The molecule has 5 atom stereocenters. The summed E-state index contributed by atoms with van der Waals surface area (Å²) in [7, 11) is 0. The summed E-state index contributed by atoms with van der Waals surface area (Å²) < 4.78 is 30.9. The minimum Gasteiger partial charge on any atom is -0.462 e. The van der Waals surface area contributed by atoms with Crippen molar-refractivity contribution in [1.29, 1.82) is 0 Å². The van der Waals surface area contributed by atoms with E-state index in [2.05, 4.69) is 10.5 Å². The second kappa shape index (κ2) is 13.3. The van der Waals surface area contributed by atoms with Crippen molar-refractivity contribution in [2.24, 2.45) is 21.7 Å². The molecule has 2 aromatic carbocycles. The number of nitrogens with one attached hydrogen (secondary N) is 2. The lowest BCUT2D eigenvalue weighted by molar-refractivity contribution is -0.248. The summed E-state index contributed by atoms with van der Waals surface area (Å²) in [6, 6.07) is 10.7. The molecule has 0 radical (unpaired) electrons. The fourth-order valence-corrected chi connectivity index (χ4v) is 5.15. The third kappa shape index (κ3) is 8.25. The van der Waals surface area contributed by atoms with E-state index in [-0.39, 0.29) is 6.61 Å². The summed E-state index contributed by atoms with van der Waals surface area (Å²) in [5.74, 6) is -2.28. The Kier molecular flexibility index (Phi) is 10.2. The van der Waals surface area contributed by atoms with Crippen molar-refractivity contribution >= 4 is 53.0 Å². The topological polar surface area (TPSA) is 138 Å². The Morgan fingerprint density at radius 3 is 1.48 bits per heavy atom. The van der Waals surface area contributed by atoms with Gasteiger partial charge in [0.05, 0.1) is 21.7 Å². The first-order chi connectivity index (χ1) is 22.0. The fourth-order valence-electron chi connectivity index (χ4n) is 5.15. The Morgan fingerprint density at radius 2 is 1.04 bits per heavy atom. The highest BCUT2D eigenvalue weighted by atomic mass is 16.7. The van der Waals surface area contributed by atoms with Crippen LogP contribution in [0.5, 0.6) is 0 Å². The second-order valence-corrected chi connectivity index (χ2v) is 16.8. The highest BCUT2D eigenvalue weighted by Crippen LogP contribution is 2.39. The van der Waals surface area contributed by atoms with Gasteiger partial charge in [-0.1, -0.05) is 24.3 Å². The number of anilines is 2. The number of benzene rings is 2. The van der Waals surface area contributed by atoms with Gasteiger partial charge in [-0.05, 0) is 101 Å². The molecule has 0 aliphatic carbocycles. The van der Waals surface area contributed by atoms with Gasteiger partial charge in [-0.15, -0.1) is 0 Å². The summed E-state index contributed by atoms with van der Waals surface area (Å²) in [4.78, 5) is 53.6. The maximum absolute atomic E-state index is 13.6. The van der Waals surface area contributed by atoms with Crippen LogP contribution in [0.3, 0.4) is 0 Å². The van der Waals surface area contributed by atoms with E-state index in [4.69, 9.17) is 23.7 Å². The third-order valence-corrected chi connectivity index (χ3v) is 8.08. The van der Waals surface area contributed by atoms with Gasteiger partial charge in [0.15, 0.2) is 18.3 Å². The van der Waals surface area contributed by atoms with E-state index in [0.29, 0.717) is 0 Å². The molecule has 2 N–H and O–H groups in total. The van der Waals surface area contributed by atoms with Crippen molar-refractivity contribution in [3.63, 3.8) is 0 Å². The molecule has 0 saturated carbocycles. The largest absolute Gasteiger partial charge is 0.462 e. The normalized spacial score (nSPS) is 23.0. The molecule has 0 aromatic heterocycles. The molecule has 0 bridgehead atoms. The minimum atomic E-state index is -1.33. The van der Waals surface area contributed by atoms with Crippen LogP contribution in [0, 0.1) is 21.7 Å². The molecular weight excluding hydrogens is 615 g/mol. The lowest BCUT2D eigenvalue weighted by Crippen LogP contribution is -2.69. The Morgan fingerprint density at radius 1 is 0.625 bits per heavy atom. The molecule has 12 heteroatoms.